The molecule has 28 heavy (non-hydrogen) atoms. The molecule has 0 bridgehead atoms. The Kier molecular flexibility index (Phi) is 7.80. The molecule has 2 amide bonds. The van der Waals surface area contributed by atoms with Crippen molar-refractivity contribution in [3.05, 3.63) is 53.8 Å². The van der Waals surface area contributed by atoms with Crippen molar-refractivity contribution in [2.75, 3.05) is 32.2 Å². The van der Waals surface area contributed by atoms with Gasteiger partial charge in [0.25, 0.3) is 0 Å². The van der Waals surface area contributed by atoms with Gasteiger partial charge in [0.05, 0.1) is 19.9 Å². The molecule has 0 atom stereocenters. The number of nitrogens with zero attached hydrogens (tertiary/aromatic N) is 1. The molecule has 0 fully saturated rings. The minimum Gasteiger partial charge on any atom is -0.497 e. The summed E-state index contributed by atoms with van der Waals surface area (Å²) in [5.74, 6) is 0.461. The monoisotopic (exact) mass is 388 g/mol. The predicted molar refractivity (Wildman–Crippen MR) is 105 cm³/mol. The third-order valence-electron chi connectivity index (χ3n) is 4.27. The van der Waals surface area contributed by atoms with Crippen LogP contribution in [0.15, 0.2) is 42.5 Å². The summed E-state index contributed by atoms with van der Waals surface area (Å²) < 4.78 is 23.4. The number of halogens is 1. The highest BCUT2D eigenvalue weighted by atomic mass is 19.1. The number of rotatable bonds is 9. The van der Waals surface area contributed by atoms with Crippen molar-refractivity contribution in [1.82, 2.24) is 5.32 Å². The van der Waals surface area contributed by atoms with Crippen molar-refractivity contribution in [1.29, 1.82) is 0 Å². The Morgan fingerprint density at radius 1 is 1.07 bits per heavy atom. The van der Waals surface area contributed by atoms with Gasteiger partial charge in [-0.3, -0.25) is 9.59 Å². The summed E-state index contributed by atoms with van der Waals surface area (Å²) in [5, 5.41) is 2.82. The van der Waals surface area contributed by atoms with E-state index in [0.717, 1.165) is 5.56 Å². The number of carbonyl (C=O) groups excluding carboxylic acids is 2. The first-order valence-electron chi connectivity index (χ1n) is 8.96. The number of methoxy groups -OCH3 is 2. The lowest BCUT2D eigenvalue weighted by molar-refractivity contribution is -0.121. The van der Waals surface area contributed by atoms with Crippen LogP contribution in [0.5, 0.6) is 11.5 Å². The van der Waals surface area contributed by atoms with Crippen molar-refractivity contribution < 1.29 is 23.5 Å². The molecular weight excluding hydrogens is 363 g/mol. The summed E-state index contributed by atoms with van der Waals surface area (Å²) in [7, 11) is 3.06. The smallest absolute Gasteiger partial charge is 0.223 e. The van der Waals surface area contributed by atoms with E-state index in [9.17, 15) is 14.0 Å². The van der Waals surface area contributed by atoms with Gasteiger partial charge in [-0.1, -0.05) is 12.1 Å². The summed E-state index contributed by atoms with van der Waals surface area (Å²) in [4.78, 5) is 25.7. The van der Waals surface area contributed by atoms with Gasteiger partial charge in [0, 0.05) is 32.5 Å². The van der Waals surface area contributed by atoms with E-state index in [2.05, 4.69) is 5.32 Å². The predicted octanol–water partition coefficient (Wildman–Crippen LogP) is 2.94. The molecule has 0 aliphatic heterocycles. The Hall–Kier alpha value is -3.09. The number of hydrogen-bond acceptors (Lipinski definition) is 4. The molecule has 7 heteroatoms. The molecule has 2 aromatic rings. The Morgan fingerprint density at radius 2 is 1.79 bits per heavy atom. The summed E-state index contributed by atoms with van der Waals surface area (Å²) in [6, 6.07) is 11.3. The lowest BCUT2D eigenvalue weighted by atomic mass is 10.1. The molecule has 0 saturated heterocycles. The lowest BCUT2D eigenvalue weighted by Gasteiger charge is -2.23. The zero-order valence-electron chi connectivity index (χ0n) is 16.3. The SMILES string of the molecule is COc1ccc(N(CCC(=O)NCCc2ccc(F)cc2)C(C)=O)c(OC)c1. The number of ether oxygens (including phenoxy) is 2. The Labute approximate surface area is 164 Å². The average Bonchev–Trinajstić information content (AvgIpc) is 2.69. The van der Waals surface area contributed by atoms with Crippen LogP contribution in [0.25, 0.3) is 0 Å². The number of amides is 2. The maximum atomic E-state index is 12.9. The molecule has 1 N–H and O–H groups in total. The maximum Gasteiger partial charge on any atom is 0.223 e. The van der Waals surface area contributed by atoms with Crippen molar-refractivity contribution in [3.8, 4) is 11.5 Å². The second-order valence-corrected chi connectivity index (χ2v) is 6.18. The summed E-state index contributed by atoms with van der Waals surface area (Å²) in [6.45, 7) is 2.10. The van der Waals surface area contributed by atoms with Crippen LogP contribution in [0.2, 0.25) is 0 Å². The first kappa shape index (κ1) is 21.2. The fraction of sp³-hybridized carbons (Fsp3) is 0.333. The van der Waals surface area contributed by atoms with E-state index < -0.39 is 0 Å². The van der Waals surface area contributed by atoms with Gasteiger partial charge in [-0.2, -0.15) is 0 Å². The van der Waals surface area contributed by atoms with Crippen molar-refractivity contribution in [3.63, 3.8) is 0 Å². The van der Waals surface area contributed by atoms with Crippen LogP contribution in [0.1, 0.15) is 18.9 Å². The third kappa shape index (κ3) is 5.97. The Morgan fingerprint density at radius 3 is 2.39 bits per heavy atom. The number of hydrogen-bond donors (Lipinski definition) is 1. The summed E-state index contributed by atoms with van der Waals surface area (Å²) in [5.41, 5.74) is 1.52. The second-order valence-electron chi connectivity index (χ2n) is 6.18. The van der Waals surface area contributed by atoms with Gasteiger partial charge in [0.15, 0.2) is 0 Å². The number of carbonyl (C=O) groups is 2. The minimum atomic E-state index is -0.286. The van der Waals surface area contributed by atoms with Gasteiger partial charge < -0.3 is 19.7 Å². The van der Waals surface area contributed by atoms with Gasteiger partial charge in [-0.15, -0.1) is 0 Å². The van der Waals surface area contributed by atoms with Crippen LogP contribution < -0.4 is 19.7 Å². The standard InChI is InChI=1S/C21H25FN2O4/c1-15(25)24(19-9-8-18(27-2)14-20(19)28-3)13-11-21(26)23-12-10-16-4-6-17(22)7-5-16/h4-9,14H,10-13H2,1-3H3,(H,23,26). The molecule has 0 saturated carbocycles. The largest absolute Gasteiger partial charge is 0.497 e. The highest BCUT2D eigenvalue weighted by Gasteiger charge is 2.18. The molecule has 2 rings (SSSR count). The maximum absolute atomic E-state index is 12.9. The highest BCUT2D eigenvalue weighted by Crippen LogP contribution is 2.32. The molecule has 150 valence electrons. The zero-order chi connectivity index (χ0) is 20.5. The Balaban J connectivity index is 1.91. The number of benzene rings is 2. The Bertz CT molecular complexity index is 809. The van der Waals surface area contributed by atoms with Crippen LogP contribution in [0.3, 0.4) is 0 Å². The van der Waals surface area contributed by atoms with Gasteiger partial charge >= 0.3 is 0 Å². The van der Waals surface area contributed by atoms with Gasteiger partial charge in [0.1, 0.15) is 17.3 Å². The molecule has 2 aromatic carbocycles. The van der Waals surface area contributed by atoms with E-state index in [-0.39, 0.29) is 30.6 Å². The van der Waals surface area contributed by atoms with E-state index in [4.69, 9.17) is 9.47 Å². The fourth-order valence-corrected chi connectivity index (χ4v) is 2.75. The van der Waals surface area contributed by atoms with Crippen molar-refractivity contribution in [2.24, 2.45) is 0 Å². The fourth-order valence-electron chi connectivity index (χ4n) is 2.75. The summed E-state index contributed by atoms with van der Waals surface area (Å²) in [6.07, 6.45) is 0.757. The van der Waals surface area contributed by atoms with E-state index in [1.54, 1.807) is 37.4 Å². The normalized spacial score (nSPS) is 10.3. The topological polar surface area (TPSA) is 67.9 Å². The molecular formula is C21H25FN2O4. The van der Waals surface area contributed by atoms with Gasteiger partial charge in [-0.05, 0) is 36.2 Å². The first-order valence-corrected chi connectivity index (χ1v) is 8.96. The quantitative estimate of drug-likeness (QED) is 0.717. The van der Waals surface area contributed by atoms with Gasteiger partial charge in [0.2, 0.25) is 11.8 Å². The van der Waals surface area contributed by atoms with Crippen molar-refractivity contribution in [2.45, 2.75) is 19.8 Å². The number of nitrogens with one attached hydrogen (secondary N) is 1. The van der Waals surface area contributed by atoms with Crippen molar-refractivity contribution >= 4 is 17.5 Å². The third-order valence-corrected chi connectivity index (χ3v) is 4.27. The molecule has 0 aliphatic carbocycles. The van der Waals surface area contributed by atoms with E-state index in [1.165, 1.54) is 31.1 Å². The molecule has 0 spiro atoms. The zero-order valence-corrected chi connectivity index (χ0v) is 16.3. The van der Waals surface area contributed by atoms with E-state index >= 15 is 0 Å². The van der Waals surface area contributed by atoms with Crippen LogP contribution in [0, 0.1) is 5.82 Å². The van der Waals surface area contributed by atoms with Gasteiger partial charge in [-0.25, -0.2) is 4.39 Å². The van der Waals surface area contributed by atoms with Crippen LogP contribution >= 0.6 is 0 Å². The summed E-state index contributed by atoms with van der Waals surface area (Å²) >= 11 is 0. The minimum absolute atomic E-state index is 0.151. The molecule has 6 nitrogen and oxygen atoms in total. The lowest BCUT2D eigenvalue weighted by Crippen LogP contribution is -2.34. The molecule has 0 radical (unpaired) electrons. The number of anilines is 1. The first-order chi connectivity index (χ1) is 13.4. The second kappa shape index (κ2) is 10.3. The molecule has 0 aliphatic rings. The molecule has 0 aromatic heterocycles. The van der Waals surface area contributed by atoms with E-state index in [1.807, 2.05) is 0 Å². The highest BCUT2D eigenvalue weighted by molar-refractivity contribution is 5.94. The molecule has 0 unspecified atom stereocenters. The van der Waals surface area contributed by atoms with Crippen LogP contribution in [-0.4, -0.2) is 39.1 Å². The molecule has 0 heterocycles. The average molecular weight is 388 g/mol. The van der Waals surface area contributed by atoms with Crippen LogP contribution in [-0.2, 0) is 16.0 Å². The van der Waals surface area contributed by atoms with E-state index in [0.29, 0.717) is 30.2 Å². The van der Waals surface area contributed by atoms with Crippen LogP contribution in [0.4, 0.5) is 10.1 Å².